The summed E-state index contributed by atoms with van der Waals surface area (Å²) in [6, 6.07) is 7.47. The molecule has 1 fully saturated rings. The summed E-state index contributed by atoms with van der Waals surface area (Å²) in [6.07, 6.45) is -0.518. The SMILES string of the molecule is C[C@H]1[C@@H](c2cccc(Cl)c2)OC(=O)N1C(C)(C)C. The highest BCUT2D eigenvalue weighted by Gasteiger charge is 2.44. The Morgan fingerprint density at radius 2 is 2.00 bits per heavy atom. The molecule has 1 saturated heterocycles. The number of halogens is 1. The number of carbonyl (C=O) groups excluding carboxylic acids is 1. The van der Waals surface area contributed by atoms with Crippen LogP contribution in [-0.2, 0) is 4.74 Å². The van der Waals surface area contributed by atoms with E-state index in [1.54, 1.807) is 4.90 Å². The van der Waals surface area contributed by atoms with E-state index in [0.29, 0.717) is 5.02 Å². The van der Waals surface area contributed by atoms with Gasteiger partial charge in [-0.15, -0.1) is 0 Å². The van der Waals surface area contributed by atoms with Gasteiger partial charge in [-0.3, -0.25) is 4.90 Å². The molecule has 1 heterocycles. The summed E-state index contributed by atoms with van der Waals surface area (Å²) in [6.45, 7) is 8.02. The van der Waals surface area contributed by atoms with Crippen molar-refractivity contribution in [2.75, 3.05) is 0 Å². The quantitative estimate of drug-likeness (QED) is 0.769. The molecule has 0 spiro atoms. The lowest BCUT2D eigenvalue weighted by Gasteiger charge is -2.33. The summed E-state index contributed by atoms with van der Waals surface area (Å²) in [5, 5.41) is 0.657. The van der Waals surface area contributed by atoms with E-state index >= 15 is 0 Å². The van der Waals surface area contributed by atoms with Crippen LogP contribution in [0.5, 0.6) is 0 Å². The monoisotopic (exact) mass is 267 g/mol. The maximum atomic E-state index is 12.0. The second-order valence-corrected chi connectivity index (χ2v) is 6.08. The van der Waals surface area contributed by atoms with Crippen molar-refractivity contribution in [3.8, 4) is 0 Å². The summed E-state index contributed by atoms with van der Waals surface area (Å²) in [5.74, 6) is 0. The van der Waals surface area contributed by atoms with E-state index in [9.17, 15) is 4.79 Å². The maximum absolute atomic E-state index is 12.0. The molecular weight excluding hydrogens is 250 g/mol. The topological polar surface area (TPSA) is 29.5 Å². The molecule has 0 unspecified atom stereocenters. The van der Waals surface area contributed by atoms with E-state index < -0.39 is 0 Å². The molecule has 18 heavy (non-hydrogen) atoms. The Bertz CT molecular complexity index is 467. The second-order valence-electron chi connectivity index (χ2n) is 5.64. The predicted octanol–water partition coefficient (Wildman–Crippen LogP) is 4.02. The van der Waals surface area contributed by atoms with Crippen LogP contribution in [0.1, 0.15) is 39.4 Å². The minimum atomic E-state index is -0.264. The predicted molar refractivity (Wildman–Crippen MR) is 71.7 cm³/mol. The Kier molecular flexibility index (Phi) is 3.28. The van der Waals surface area contributed by atoms with Crippen LogP contribution in [0.2, 0.25) is 5.02 Å². The van der Waals surface area contributed by atoms with Crippen molar-refractivity contribution in [2.45, 2.75) is 45.4 Å². The first-order valence-corrected chi connectivity index (χ1v) is 6.44. The number of carbonyl (C=O) groups is 1. The largest absolute Gasteiger partial charge is 0.439 e. The third-order valence-corrected chi connectivity index (χ3v) is 3.40. The minimum Gasteiger partial charge on any atom is -0.439 e. The van der Waals surface area contributed by atoms with Gasteiger partial charge in [-0.1, -0.05) is 23.7 Å². The van der Waals surface area contributed by atoms with Crippen LogP contribution in [0.15, 0.2) is 24.3 Å². The van der Waals surface area contributed by atoms with E-state index in [0.717, 1.165) is 5.56 Å². The van der Waals surface area contributed by atoms with Gasteiger partial charge in [0.1, 0.15) is 6.10 Å². The van der Waals surface area contributed by atoms with Crippen molar-refractivity contribution in [3.63, 3.8) is 0 Å². The molecule has 0 radical (unpaired) electrons. The van der Waals surface area contributed by atoms with Gasteiger partial charge in [-0.05, 0) is 45.4 Å². The maximum Gasteiger partial charge on any atom is 0.411 e. The lowest BCUT2D eigenvalue weighted by molar-refractivity contribution is 0.119. The first-order chi connectivity index (χ1) is 8.30. The van der Waals surface area contributed by atoms with Crippen LogP contribution < -0.4 is 0 Å². The zero-order chi connectivity index (χ0) is 13.5. The third kappa shape index (κ3) is 2.32. The molecule has 0 aromatic heterocycles. The number of amides is 1. The van der Waals surface area contributed by atoms with Crippen LogP contribution in [0, 0.1) is 0 Å². The van der Waals surface area contributed by atoms with Crippen molar-refractivity contribution in [1.82, 2.24) is 4.90 Å². The lowest BCUT2D eigenvalue weighted by atomic mass is 9.99. The third-order valence-electron chi connectivity index (χ3n) is 3.17. The number of nitrogens with zero attached hydrogens (tertiary/aromatic N) is 1. The summed E-state index contributed by atoms with van der Waals surface area (Å²) in [4.78, 5) is 13.7. The molecule has 1 aliphatic heterocycles. The average molecular weight is 268 g/mol. The van der Waals surface area contributed by atoms with E-state index in [1.807, 2.05) is 52.0 Å². The highest BCUT2D eigenvalue weighted by Crippen LogP contribution is 2.37. The Morgan fingerprint density at radius 1 is 1.33 bits per heavy atom. The van der Waals surface area contributed by atoms with Crippen LogP contribution in [0.4, 0.5) is 4.79 Å². The normalized spacial score (nSPS) is 24.3. The molecule has 3 nitrogen and oxygen atoms in total. The van der Waals surface area contributed by atoms with Gasteiger partial charge < -0.3 is 4.74 Å². The fourth-order valence-corrected chi connectivity index (χ4v) is 2.68. The van der Waals surface area contributed by atoms with E-state index in [1.165, 1.54) is 0 Å². The first kappa shape index (κ1) is 13.2. The van der Waals surface area contributed by atoms with Gasteiger partial charge in [0.05, 0.1) is 6.04 Å². The Morgan fingerprint density at radius 3 is 2.50 bits per heavy atom. The number of hydrogen-bond acceptors (Lipinski definition) is 2. The standard InChI is InChI=1S/C14H18ClNO2/c1-9-12(10-6-5-7-11(15)8-10)18-13(17)16(9)14(2,3)4/h5-9,12H,1-4H3/t9-,12-/m0/s1. The molecule has 0 saturated carbocycles. The van der Waals surface area contributed by atoms with Crippen LogP contribution in [-0.4, -0.2) is 22.6 Å². The average Bonchev–Trinajstić information content (AvgIpc) is 2.53. The van der Waals surface area contributed by atoms with Crippen LogP contribution in [0.3, 0.4) is 0 Å². The number of rotatable bonds is 1. The van der Waals surface area contributed by atoms with Gasteiger partial charge in [0.2, 0.25) is 0 Å². The van der Waals surface area contributed by atoms with Crippen molar-refractivity contribution in [3.05, 3.63) is 34.9 Å². The van der Waals surface area contributed by atoms with E-state index in [4.69, 9.17) is 16.3 Å². The van der Waals surface area contributed by atoms with Gasteiger partial charge in [0.15, 0.2) is 0 Å². The van der Waals surface area contributed by atoms with Crippen molar-refractivity contribution in [1.29, 1.82) is 0 Å². The van der Waals surface area contributed by atoms with Crippen molar-refractivity contribution >= 4 is 17.7 Å². The minimum absolute atomic E-state index is 0.00373. The molecule has 1 amide bonds. The number of cyclic esters (lactones) is 1. The van der Waals surface area contributed by atoms with Crippen LogP contribution >= 0.6 is 11.6 Å². The van der Waals surface area contributed by atoms with E-state index in [-0.39, 0.29) is 23.8 Å². The Labute approximate surface area is 113 Å². The number of benzene rings is 1. The highest BCUT2D eigenvalue weighted by molar-refractivity contribution is 6.30. The second kappa shape index (κ2) is 4.47. The van der Waals surface area contributed by atoms with Crippen LogP contribution in [0.25, 0.3) is 0 Å². The zero-order valence-electron chi connectivity index (χ0n) is 11.1. The smallest absolute Gasteiger partial charge is 0.411 e. The summed E-state index contributed by atoms with van der Waals surface area (Å²) in [7, 11) is 0. The molecule has 1 aromatic rings. The van der Waals surface area contributed by atoms with E-state index in [2.05, 4.69) is 0 Å². The number of ether oxygens (including phenoxy) is 1. The van der Waals surface area contributed by atoms with Gasteiger partial charge in [0, 0.05) is 10.6 Å². The molecule has 1 aliphatic rings. The molecular formula is C14H18ClNO2. The first-order valence-electron chi connectivity index (χ1n) is 6.06. The molecule has 4 heteroatoms. The molecule has 0 N–H and O–H groups in total. The van der Waals surface area contributed by atoms with Crippen molar-refractivity contribution < 1.29 is 9.53 Å². The molecule has 1 aromatic carbocycles. The van der Waals surface area contributed by atoms with Gasteiger partial charge in [-0.2, -0.15) is 0 Å². The Balaban J connectivity index is 2.31. The fraction of sp³-hybridized carbons (Fsp3) is 0.500. The fourth-order valence-electron chi connectivity index (χ4n) is 2.48. The molecule has 98 valence electrons. The van der Waals surface area contributed by atoms with Crippen molar-refractivity contribution in [2.24, 2.45) is 0 Å². The Hall–Kier alpha value is -1.22. The summed E-state index contributed by atoms with van der Waals surface area (Å²) in [5.41, 5.74) is 0.694. The molecule has 2 rings (SSSR count). The van der Waals surface area contributed by atoms with Gasteiger partial charge in [-0.25, -0.2) is 4.79 Å². The molecule has 0 aliphatic carbocycles. The summed E-state index contributed by atoms with van der Waals surface area (Å²) >= 11 is 5.98. The lowest BCUT2D eigenvalue weighted by Crippen LogP contribution is -2.46. The molecule has 0 bridgehead atoms. The molecule has 2 atom stereocenters. The zero-order valence-corrected chi connectivity index (χ0v) is 11.9. The highest BCUT2D eigenvalue weighted by atomic mass is 35.5. The summed E-state index contributed by atoms with van der Waals surface area (Å²) < 4.78 is 5.48. The van der Waals surface area contributed by atoms with Gasteiger partial charge >= 0.3 is 6.09 Å². The van der Waals surface area contributed by atoms with Gasteiger partial charge in [0.25, 0.3) is 0 Å². The number of hydrogen-bond donors (Lipinski definition) is 0.